The van der Waals surface area contributed by atoms with Gasteiger partial charge in [0.1, 0.15) is 0 Å². The van der Waals surface area contributed by atoms with Crippen molar-refractivity contribution < 1.29 is 4.74 Å². The molecule has 0 bridgehead atoms. The highest BCUT2D eigenvalue weighted by molar-refractivity contribution is 7.98. The van der Waals surface area contributed by atoms with Crippen molar-refractivity contribution >= 4 is 34.3 Å². The average Bonchev–Trinajstić information content (AvgIpc) is 2.65. The molecule has 0 amide bonds. The summed E-state index contributed by atoms with van der Waals surface area (Å²) in [6.45, 7) is 3.82. The minimum Gasteiger partial charge on any atom is -0.382 e. The second kappa shape index (κ2) is 9.16. The van der Waals surface area contributed by atoms with Crippen LogP contribution in [0, 0.1) is 0 Å². The maximum atomic E-state index is 12.9. The maximum absolute atomic E-state index is 12.9. The van der Waals surface area contributed by atoms with Gasteiger partial charge in [0.2, 0.25) is 0 Å². The Balaban J connectivity index is 1.92. The molecule has 1 aromatic carbocycles. The molecule has 136 valence electrons. The van der Waals surface area contributed by atoms with Gasteiger partial charge < -0.3 is 4.74 Å². The van der Waals surface area contributed by atoms with E-state index in [1.165, 1.54) is 11.8 Å². The number of thioether (sulfide) groups is 1. The van der Waals surface area contributed by atoms with Gasteiger partial charge in [-0.3, -0.25) is 14.3 Å². The standard InChI is InChI=1S/C19H20ClN3O2S/c1-2-25-10-4-9-23-18(24)16-7-6-15(20)11-17(16)22-19(23)26-13-14-5-3-8-21-12-14/h3,5-8,11-12H,2,4,9-10,13H2,1H3. The van der Waals surface area contributed by atoms with E-state index in [9.17, 15) is 4.79 Å². The van der Waals surface area contributed by atoms with Crippen LogP contribution < -0.4 is 5.56 Å². The molecule has 0 fully saturated rings. The Kier molecular flexibility index (Phi) is 6.66. The second-order valence-electron chi connectivity index (χ2n) is 5.71. The maximum Gasteiger partial charge on any atom is 0.262 e. The normalized spacial score (nSPS) is 11.2. The number of benzene rings is 1. The fraction of sp³-hybridized carbons (Fsp3) is 0.316. The van der Waals surface area contributed by atoms with Crippen molar-refractivity contribution in [2.75, 3.05) is 13.2 Å². The molecular weight excluding hydrogens is 370 g/mol. The molecule has 0 aliphatic heterocycles. The Morgan fingerprint density at radius 2 is 2.19 bits per heavy atom. The van der Waals surface area contributed by atoms with Crippen LogP contribution in [0.25, 0.3) is 10.9 Å². The summed E-state index contributed by atoms with van der Waals surface area (Å²) in [4.78, 5) is 21.8. The van der Waals surface area contributed by atoms with Gasteiger partial charge >= 0.3 is 0 Å². The Morgan fingerprint density at radius 1 is 1.31 bits per heavy atom. The van der Waals surface area contributed by atoms with Gasteiger partial charge in [0.25, 0.3) is 5.56 Å². The van der Waals surface area contributed by atoms with E-state index in [-0.39, 0.29) is 5.56 Å². The smallest absolute Gasteiger partial charge is 0.262 e. The zero-order valence-electron chi connectivity index (χ0n) is 14.5. The van der Waals surface area contributed by atoms with E-state index in [2.05, 4.69) is 4.98 Å². The van der Waals surface area contributed by atoms with Crippen molar-refractivity contribution in [3.63, 3.8) is 0 Å². The SMILES string of the molecule is CCOCCCn1c(SCc2cccnc2)nc2cc(Cl)ccc2c1=O. The molecule has 0 radical (unpaired) electrons. The van der Waals surface area contributed by atoms with Crippen LogP contribution in [0.2, 0.25) is 5.02 Å². The van der Waals surface area contributed by atoms with Crippen LogP contribution in [0.3, 0.4) is 0 Å². The lowest BCUT2D eigenvalue weighted by molar-refractivity contribution is 0.140. The molecule has 0 unspecified atom stereocenters. The number of rotatable bonds is 8. The minimum atomic E-state index is -0.0446. The first kappa shape index (κ1) is 18.9. The van der Waals surface area contributed by atoms with E-state index in [4.69, 9.17) is 21.3 Å². The molecule has 0 saturated carbocycles. The molecule has 0 aliphatic rings. The van der Waals surface area contributed by atoms with Crippen molar-refractivity contribution in [3.05, 3.63) is 63.7 Å². The van der Waals surface area contributed by atoms with Crippen molar-refractivity contribution in [3.8, 4) is 0 Å². The van der Waals surface area contributed by atoms with Crippen molar-refractivity contribution in [2.45, 2.75) is 30.8 Å². The molecule has 5 nitrogen and oxygen atoms in total. The molecule has 2 aromatic heterocycles. The van der Waals surface area contributed by atoms with E-state index < -0.39 is 0 Å². The van der Waals surface area contributed by atoms with E-state index in [0.717, 1.165) is 12.0 Å². The number of ether oxygens (including phenoxy) is 1. The lowest BCUT2D eigenvalue weighted by Gasteiger charge is -2.13. The third kappa shape index (κ3) is 4.63. The molecule has 0 atom stereocenters. The van der Waals surface area contributed by atoms with Crippen LogP contribution in [-0.4, -0.2) is 27.7 Å². The number of hydrogen-bond donors (Lipinski definition) is 0. The molecular formula is C19H20ClN3O2S. The van der Waals surface area contributed by atoms with Gasteiger partial charge in [0.15, 0.2) is 5.16 Å². The summed E-state index contributed by atoms with van der Waals surface area (Å²) in [6, 6.07) is 9.10. The van der Waals surface area contributed by atoms with Crippen LogP contribution in [0.4, 0.5) is 0 Å². The quantitative estimate of drug-likeness (QED) is 0.329. The first-order chi connectivity index (χ1) is 12.7. The van der Waals surface area contributed by atoms with Crippen LogP contribution in [0.15, 0.2) is 52.7 Å². The van der Waals surface area contributed by atoms with Crippen LogP contribution in [0.1, 0.15) is 18.9 Å². The monoisotopic (exact) mass is 389 g/mol. The topological polar surface area (TPSA) is 57.0 Å². The highest BCUT2D eigenvalue weighted by Crippen LogP contribution is 2.23. The van der Waals surface area contributed by atoms with Crippen molar-refractivity contribution in [2.24, 2.45) is 0 Å². The van der Waals surface area contributed by atoms with E-state index in [1.807, 2.05) is 25.3 Å². The predicted octanol–water partition coefficient (Wildman–Crippen LogP) is 4.16. The van der Waals surface area contributed by atoms with Crippen molar-refractivity contribution in [1.29, 1.82) is 0 Å². The zero-order chi connectivity index (χ0) is 18.4. The zero-order valence-corrected chi connectivity index (χ0v) is 16.1. The van der Waals surface area contributed by atoms with Gasteiger partial charge in [-0.15, -0.1) is 0 Å². The summed E-state index contributed by atoms with van der Waals surface area (Å²) < 4.78 is 7.13. The van der Waals surface area contributed by atoms with E-state index in [0.29, 0.717) is 46.6 Å². The summed E-state index contributed by atoms with van der Waals surface area (Å²) >= 11 is 7.60. The molecule has 26 heavy (non-hydrogen) atoms. The first-order valence-corrected chi connectivity index (χ1v) is 9.85. The fourth-order valence-electron chi connectivity index (χ4n) is 2.58. The van der Waals surface area contributed by atoms with Gasteiger partial charge in [-0.2, -0.15) is 0 Å². The van der Waals surface area contributed by atoms with Crippen LogP contribution in [-0.2, 0) is 17.0 Å². The molecule has 0 saturated heterocycles. The number of aromatic nitrogens is 3. The molecule has 0 aliphatic carbocycles. The number of halogens is 1. The first-order valence-electron chi connectivity index (χ1n) is 8.48. The Bertz CT molecular complexity index is 931. The minimum absolute atomic E-state index is 0.0446. The molecule has 2 heterocycles. The fourth-order valence-corrected chi connectivity index (χ4v) is 3.71. The third-order valence-corrected chi connectivity index (χ3v) is 5.13. The summed E-state index contributed by atoms with van der Waals surface area (Å²) in [5, 5.41) is 1.84. The summed E-state index contributed by atoms with van der Waals surface area (Å²) in [5.74, 6) is 0.692. The summed E-state index contributed by atoms with van der Waals surface area (Å²) in [6.07, 6.45) is 4.32. The molecule has 0 spiro atoms. The predicted molar refractivity (Wildman–Crippen MR) is 106 cm³/mol. The highest BCUT2D eigenvalue weighted by atomic mass is 35.5. The number of pyridine rings is 1. The Labute approximate surface area is 161 Å². The largest absolute Gasteiger partial charge is 0.382 e. The molecule has 3 aromatic rings. The van der Waals surface area contributed by atoms with Gasteiger partial charge in [-0.1, -0.05) is 29.4 Å². The van der Waals surface area contributed by atoms with Gasteiger partial charge in [-0.05, 0) is 43.2 Å². The highest BCUT2D eigenvalue weighted by Gasteiger charge is 2.12. The summed E-state index contributed by atoms with van der Waals surface area (Å²) in [7, 11) is 0. The second-order valence-corrected chi connectivity index (χ2v) is 7.09. The lowest BCUT2D eigenvalue weighted by atomic mass is 10.2. The number of hydrogen-bond acceptors (Lipinski definition) is 5. The van der Waals surface area contributed by atoms with E-state index in [1.54, 1.807) is 29.0 Å². The van der Waals surface area contributed by atoms with Crippen molar-refractivity contribution in [1.82, 2.24) is 14.5 Å². The Hall–Kier alpha value is -1.89. The van der Waals surface area contributed by atoms with Crippen LogP contribution in [0.5, 0.6) is 0 Å². The van der Waals surface area contributed by atoms with Crippen LogP contribution >= 0.6 is 23.4 Å². The molecule has 7 heteroatoms. The van der Waals surface area contributed by atoms with Gasteiger partial charge in [-0.25, -0.2) is 4.98 Å². The van der Waals surface area contributed by atoms with Gasteiger partial charge in [0.05, 0.1) is 10.9 Å². The number of nitrogens with zero attached hydrogens (tertiary/aromatic N) is 3. The molecule has 0 N–H and O–H groups in total. The third-order valence-electron chi connectivity index (χ3n) is 3.85. The number of fused-ring (bicyclic) bond motifs is 1. The average molecular weight is 390 g/mol. The van der Waals surface area contributed by atoms with E-state index >= 15 is 0 Å². The molecule has 3 rings (SSSR count). The lowest BCUT2D eigenvalue weighted by Crippen LogP contribution is -2.24. The van der Waals surface area contributed by atoms with Gasteiger partial charge in [0, 0.05) is 42.9 Å². The summed E-state index contributed by atoms with van der Waals surface area (Å²) in [5.41, 5.74) is 1.66. The Morgan fingerprint density at radius 3 is 2.96 bits per heavy atom.